The molecule has 0 aromatic heterocycles. The Morgan fingerprint density at radius 1 is 1.26 bits per heavy atom. The Balaban J connectivity index is 1.80. The molecule has 0 heterocycles. The van der Waals surface area contributed by atoms with E-state index in [4.69, 9.17) is 10.5 Å². The molecule has 0 radical (unpaired) electrons. The Bertz CT molecular complexity index is 419. The van der Waals surface area contributed by atoms with Crippen LogP contribution in [0.25, 0.3) is 0 Å². The lowest BCUT2D eigenvalue weighted by molar-refractivity contribution is -0.199. The lowest BCUT2D eigenvalue weighted by Crippen LogP contribution is -2.59. The number of carbonyl (C=O) groups excluding carboxylic acids is 2. The second-order valence-electron chi connectivity index (χ2n) is 6.92. The first kappa shape index (κ1) is 12.9. The van der Waals surface area contributed by atoms with E-state index in [0.29, 0.717) is 18.3 Å². The first-order chi connectivity index (χ1) is 8.82. The van der Waals surface area contributed by atoms with Gasteiger partial charge in [0.15, 0.2) is 6.10 Å². The van der Waals surface area contributed by atoms with E-state index in [0.717, 1.165) is 32.1 Å². The molecule has 3 unspecified atom stereocenters. The van der Waals surface area contributed by atoms with Crippen molar-refractivity contribution in [3.8, 4) is 0 Å². The standard InChI is InChI=1S/C14H21NO4/c1-8(11(15)16)19-12(17)13-3-9-2-10(4-13)6-14(18,5-9)7-13/h8-10,18H,2-7H2,1H3,(H2,15,16). The minimum Gasteiger partial charge on any atom is -0.452 e. The van der Waals surface area contributed by atoms with E-state index >= 15 is 0 Å². The van der Waals surface area contributed by atoms with E-state index in [1.807, 2.05) is 0 Å². The molecule has 5 nitrogen and oxygen atoms in total. The molecule has 19 heavy (non-hydrogen) atoms. The zero-order chi connectivity index (χ0) is 13.8. The highest BCUT2D eigenvalue weighted by molar-refractivity contribution is 5.84. The molecule has 4 aliphatic rings. The van der Waals surface area contributed by atoms with Crippen LogP contribution in [0, 0.1) is 17.3 Å². The van der Waals surface area contributed by atoms with Crippen LogP contribution in [0.4, 0.5) is 0 Å². The van der Waals surface area contributed by atoms with Gasteiger partial charge < -0.3 is 15.6 Å². The topological polar surface area (TPSA) is 89.6 Å². The summed E-state index contributed by atoms with van der Waals surface area (Å²) < 4.78 is 5.22. The highest BCUT2D eigenvalue weighted by Crippen LogP contribution is 2.62. The van der Waals surface area contributed by atoms with Gasteiger partial charge in [0.25, 0.3) is 5.91 Å². The highest BCUT2D eigenvalue weighted by atomic mass is 16.5. The van der Waals surface area contributed by atoms with Gasteiger partial charge >= 0.3 is 5.97 Å². The highest BCUT2D eigenvalue weighted by Gasteiger charge is 2.61. The Labute approximate surface area is 112 Å². The molecule has 0 aromatic rings. The van der Waals surface area contributed by atoms with Crippen molar-refractivity contribution in [3.05, 3.63) is 0 Å². The smallest absolute Gasteiger partial charge is 0.312 e. The van der Waals surface area contributed by atoms with Crippen LogP contribution in [-0.4, -0.2) is 28.7 Å². The van der Waals surface area contributed by atoms with E-state index in [9.17, 15) is 14.7 Å². The first-order valence-electron chi connectivity index (χ1n) is 7.05. The Morgan fingerprint density at radius 2 is 1.84 bits per heavy atom. The van der Waals surface area contributed by atoms with Gasteiger partial charge in [-0.05, 0) is 57.3 Å². The minimum absolute atomic E-state index is 0.341. The average molecular weight is 267 g/mol. The van der Waals surface area contributed by atoms with E-state index in [1.54, 1.807) is 0 Å². The molecule has 4 fully saturated rings. The summed E-state index contributed by atoms with van der Waals surface area (Å²) in [6.07, 6.45) is 3.90. The van der Waals surface area contributed by atoms with Crippen LogP contribution < -0.4 is 5.73 Å². The summed E-state index contributed by atoms with van der Waals surface area (Å²) in [5.41, 5.74) is 3.86. The third kappa shape index (κ3) is 2.04. The fraction of sp³-hybridized carbons (Fsp3) is 0.857. The number of carbonyl (C=O) groups is 2. The summed E-state index contributed by atoms with van der Waals surface area (Å²) in [6.45, 7) is 1.50. The van der Waals surface area contributed by atoms with Gasteiger partial charge in [0.2, 0.25) is 0 Å². The zero-order valence-corrected chi connectivity index (χ0v) is 11.2. The van der Waals surface area contributed by atoms with E-state index in [1.165, 1.54) is 6.92 Å². The minimum atomic E-state index is -0.893. The number of rotatable bonds is 3. The number of primary amides is 1. The molecule has 4 rings (SSSR count). The van der Waals surface area contributed by atoms with Gasteiger partial charge in [-0.1, -0.05) is 0 Å². The van der Waals surface area contributed by atoms with Gasteiger partial charge in [-0.2, -0.15) is 0 Å². The van der Waals surface area contributed by atoms with Gasteiger partial charge in [0, 0.05) is 0 Å². The molecule has 0 spiro atoms. The third-order valence-electron chi connectivity index (χ3n) is 5.15. The summed E-state index contributed by atoms with van der Waals surface area (Å²) in [5.74, 6) is -0.131. The van der Waals surface area contributed by atoms with Crippen molar-refractivity contribution in [2.45, 2.75) is 57.2 Å². The predicted molar refractivity (Wildman–Crippen MR) is 66.8 cm³/mol. The second kappa shape index (κ2) is 3.95. The normalized spacial score (nSPS) is 44.9. The maximum absolute atomic E-state index is 12.4. The van der Waals surface area contributed by atoms with Crippen molar-refractivity contribution >= 4 is 11.9 Å². The molecular formula is C14H21NO4. The number of hydrogen-bond donors (Lipinski definition) is 2. The molecule has 3 atom stereocenters. The summed E-state index contributed by atoms with van der Waals surface area (Å²) >= 11 is 0. The van der Waals surface area contributed by atoms with Gasteiger partial charge in [-0.3, -0.25) is 9.59 Å². The van der Waals surface area contributed by atoms with E-state index < -0.39 is 23.0 Å². The molecule has 0 aliphatic heterocycles. The van der Waals surface area contributed by atoms with Crippen LogP contribution in [-0.2, 0) is 14.3 Å². The number of hydrogen-bond acceptors (Lipinski definition) is 4. The molecule has 4 saturated carbocycles. The second-order valence-corrected chi connectivity index (χ2v) is 6.92. The van der Waals surface area contributed by atoms with Crippen LogP contribution >= 0.6 is 0 Å². The number of amides is 1. The average Bonchev–Trinajstić information content (AvgIpc) is 2.24. The van der Waals surface area contributed by atoms with Crippen molar-refractivity contribution in [2.75, 3.05) is 0 Å². The van der Waals surface area contributed by atoms with Crippen LogP contribution in [0.3, 0.4) is 0 Å². The van der Waals surface area contributed by atoms with Crippen LogP contribution in [0.2, 0.25) is 0 Å². The number of aliphatic hydroxyl groups is 1. The fourth-order valence-corrected chi connectivity index (χ4v) is 4.80. The number of ether oxygens (including phenoxy) is 1. The summed E-state index contributed by atoms with van der Waals surface area (Å²) in [6, 6.07) is 0. The SMILES string of the molecule is CC(OC(=O)C12CC3CC(CC(O)(C3)C1)C2)C(N)=O. The maximum Gasteiger partial charge on any atom is 0.312 e. The molecule has 0 aromatic carbocycles. The largest absolute Gasteiger partial charge is 0.452 e. The summed E-state index contributed by atoms with van der Waals surface area (Å²) in [7, 11) is 0. The lowest BCUT2D eigenvalue weighted by atomic mass is 9.48. The molecule has 3 N–H and O–H groups in total. The van der Waals surface area contributed by atoms with Crippen molar-refractivity contribution in [1.82, 2.24) is 0 Å². The molecule has 5 heteroatoms. The van der Waals surface area contributed by atoms with Crippen LogP contribution in [0.5, 0.6) is 0 Å². The lowest BCUT2D eigenvalue weighted by Gasteiger charge is -2.58. The Kier molecular flexibility index (Phi) is 2.68. The van der Waals surface area contributed by atoms with Gasteiger partial charge in [0.05, 0.1) is 11.0 Å². The molecule has 4 aliphatic carbocycles. The number of nitrogens with two attached hydrogens (primary N) is 1. The molecule has 1 amide bonds. The van der Waals surface area contributed by atoms with Gasteiger partial charge in [-0.25, -0.2) is 0 Å². The van der Waals surface area contributed by atoms with E-state index in [-0.39, 0.29) is 5.97 Å². The Morgan fingerprint density at radius 3 is 2.32 bits per heavy atom. The molecule has 4 bridgehead atoms. The van der Waals surface area contributed by atoms with Crippen molar-refractivity contribution in [3.63, 3.8) is 0 Å². The van der Waals surface area contributed by atoms with Crippen molar-refractivity contribution < 1.29 is 19.4 Å². The van der Waals surface area contributed by atoms with Crippen molar-refractivity contribution in [1.29, 1.82) is 0 Å². The summed E-state index contributed by atoms with van der Waals surface area (Å²) in [5, 5.41) is 10.6. The Hall–Kier alpha value is -1.10. The van der Waals surface area contributed by atoms with Crippen molar-refractivity contribution in [2.24, 2.45) is 23.0 Å². The molecular weight excluding hydrogens is 246 g/mol. The maximum atomic E-state index is 12.4. The molecule has 106 valence electrons. The van der Waals surface area contributed by atoms with Crippen LogP contribution in [0.1, 0.15) is 45.4 Å². The van der Waals surface area contributed by atoms with Crippen LogP contribution in [0.15, 0.2) is 0 Å². The quantitative estimate of drug-likeness (QED) is 0.738. The number of esters is 1. The van der Waals surface area contributed by atoms with Gasteiger partial charge in [0.1, 0.15) is 0 Å². The third-order valence-corrected chi connectivity index (χ3v) is 5.15. The van der Waals surface area contributed by atoms with Gasteiger partial charge in [-0.15, -0.1) is 0 Å². The molecule has 0 saturated heterocycles. The first-order valence-corrected chi connectivity index (χ1v) is 7.05. The summed E-state index contributed by atoms with van der Waals surface area (Å²) in [4.78, 5) is 23.4. The predicted octanol–water partition coefficient (Wildman–Crippen LogP) is 0.735. The zero-order valence-electron chi connectivity index (χ0n) is 11.2. The fourth-order valence-electron chi connectivity index (χ4n) is 4.80. The monoisotopic (exact) mass is 267 g/mol. The van der Waals surface area contributed by atoms with E-state index in [2.05, 4.69) is 0 Å².